The maximum absolute atomic E-state index is 13.3. The first-order chi connectivity index (χ1) is 8.03. The highest BCUT2D eigenvalue weighted by Crippen LogP contribution is 2.22. The molecule has 0 saturated carbocycles. The molecule has 1 unspecified atom stereocenters. The number of halogens is 1. The molecule has 1 atom stereocenters. The number of hydrogen-bond donors (Lipinski definition) is 1. The van der Waals surface area contributed by atoms with Crippen molar-refractivity contribution in [3.8, 4) is 0 Å². The molecule has 0 amide bonds. The largest absolute Gasteiger partial charge is 0.460 e. The van der Waals surface area contributed by atoms with Gasteiger partial charge in [0.2, 0.25) is 0 Å². The maximum Gasteiger partial charge on any atom is 0.313 e. The maximum atomic E-state index is 13.3. The van der Waals surface area contributed by atoms with Crippen LogP contribution in [0.1, 0.15) is 25.8 Å². The Bertz CT molecular complexity index is 389. The molecule has 94 valence electrons. The average molecular weight is 239 g/mol. The monoisotopic (exact) mass is 239 g/mol. The molecule has 0 spiro atoms. The van der Waals surface area contributed by atoms with Gasteiger partial charge in [-0.25, -0.2) is 4.39 Å². The van der Waals surface area contributed by atoms with Crippen LogP contribution in [0.5, 0.6) is 0 Å². The van der Waals surface area contributed by atoms with Gasteiger partial charge in [-0.2, -0.15) is 0 Å². The van der Waals surface area contributed by atoms with Crippen molar-refractivity contribution in [1.29, 1.82) is 0 Å². The van der Waals surface area contributed by atoms with E-state index in [1.54, 1.807) is 25.1 Å². The van der Waals surface area contributed by atoms with Crippen LogP contribution >= 0.6 is 0 Å². The molecule has 0 aliphatic carbocycles. The summed E-state index contributed by atoms with van der Waals surface area (Å²) in [7, 11) is 0. The minimum absolute atomic E-state index is 0.0545. The summed E-state index contributed by atoms with van der Waals surface area (Å²) in [6.45, 7) is 3.79. The summed E-state index contributed by atoms with van der Waals surface area (Å²) in [5.74, 6) is -0.753. The van der Waals surface area contributed by atoms with Crippen molar-refractivity contribution in [2.24, 2.45) is 11.1 Å². The molecule has 0 aliphatic heterocycles. The summed E-state index contributed by atoms with van der Waals surface area (Å²) < 4.78 is 18.4. The van der Waals surface area contributed by atoms with E-state index in [9.17, 15) is 9.18 Å². The number of esters is 1. The Morgan fingerprint density at radius 3 is 2.65 bits per heavy atom. The van der Waals surface area contributed by atoms with Gasteiger partial charge in [0.05, 0.1) is 5.41 Å². The number of ether oxygens (including phenoxy) is 1. The van der Waals surface area contributed by atoms with Crippen LogP contribution in [-0.2, 0) is 16.1 Å². The quantitative estimate of drug-likeness (QED) is 0.802. The topological polar surface area (TPSA) is 52.3 Å². The van der Waals surface area contributed by atoms with Crippen molar-refractivity contribution in [2.75, 3.05) is 6.54 Å². The van der Waals surface area contributed by atoms with E-state index in [-0.39, 0.29) is 24.9 Å². The molecule has 1 aromatic carbocycles. The molecule has 0 radical (unpaired) electrons. The highest BCUT2D eigenvalue weighted by Gasteiger charge is 2.31. The zero-order valence-corrected chi connectivity index (χ0v) is 10.2. The highest BCUT2D eigenvalue weighted by atomic mass is 19.1. The minimum Gasteiger partial charge on any atom is -0.460 e. The van der Waals surface area contributed by atoms with Gasteiger partial charge in [-0.15, -0.1) is 0 Å². The summed E-state index contributed by atoms with van der Waals surface area (Å²) in [5.41, 5.74) is 5.22. The van der Waals surface area contributed by atoms with Gasteiger partial charge in [0, 0.05) is 12.1 Å². The number of hydrogen-bond acceptors (Lipinski definition) is 3. The van der Waals surface area contributed by atoms with Crippen molar-refractivity contribution in [2.45, 2.75) is 26.9 Å². The number of benzene rings is 1. The smallest absolute Gasteiger partial charge is 0.313 e. The van der Waals surface area contributed by atoms with Gasteiger partial charge in [-0.3, -0.25) is 4.79 Å². The number of nitrogens with two attached hydrogens (primary N) is 1. The number of carbonyl (C=O) groups excluding carboxylic acids is 1. The molecule has 0 bridgehead atoms. The van der Waals surface area contributed by atoms with Crippen molar-refractivity contribution in [1.82, 2.24) is 0 Å². The van der Waals surface area contributed by atoms with Crippen LogP contribution in [0.25, 0.3) is 0 Å². The Morgan fingerprint density at radius 2 is 2.12 bits per heavy atom. The van der Waals surface area contributed by atoms with Crippen molar-refractivity contribution >= 4 is 5.97 Å². The van der Waals surface area contributed by atoms with E-state index < -0.39 is 5.41 Å². The fraction of sp³-hybridized carbons (Fsp3) is 0.462. The second-order valence-corrected chi connectivity index (χ2v) is 4.29. The molecule has 4 heteroatoms. The summed E-state index contributed by atoms with van der Waals surface area (Å²) in [6, 6.07) is 6.23. The molecule has 1 rings (SSSR count). The van der Waals surface area contributed by atoms with Gasteiger partial charge < -0.3 is 10.5 Å². The Labute approximate surface area is 101 Å². The number of rotatable bonds is 5. The van der Waals surface area contributed by atoms with Crippen LogP contribution in [0.4, 0.5) is 4.39 Å². The van der Waals surface area contributed by atoms with Gasteiger partial charge >= 0.3 is 5.97 Å². The summed E-state index contributed by atoms with van der Waals surface area (Å²) >= 11 is 0. The van der Waals surface area contributed by atoms with Gasteiger partial charge in [0.15, 0.2) is 0 Å². The molecule has 17 heavy (non-hydrogen) atoms. The predicted molar refractivity (Wildman–Crippen MR) is 63.6 cm³/mol. The van der Waals surface area contributed by atoms with Crippen molar-refractivity contribution in [3.05, 3.63) is 35.6 Å². The Hall–Kier alpha value is -1.42. The van der Waals surface area contributed by atoms with E-state index in [1.165, 1.54) is 6.07 Å². The van der Waals surface area contributed by atoms with Gasteiger partial charge in [-0.1, -0.05) is 25.1 Å². The molecule has 0 heterocycles. The normalized spacial score (nSPS) is 14.1. The molecule has 0 saturated heterocycles. The third-order valence-corrected chi connectivity index (χ3v) is 3.04. The van der Waals surface area contributed by atoms with E-state index in [0.717, 1.165) is 0 Å². The van der Waals surface area contributed by atoms with Crippen LogP contribution < -0.4 is 5.73 Å². The molecule has 1 aromatic rings. The van der Waals surface area contributed by atoms with Crippen LogP contribution in [0.3, 0.4) is 0 Å². The van der Waals surface area contributed by atoms with E-state index in [2.05, 4.69) is 0 Å². The van der Waals surface area contributed by atoms with Crippen LogP contribution in [0.15, 0.2) is 24.3 Å². The third-order valence-electron chi connectivity index (χ3n) is 3.04. The first-order valence-electron chi connectivity index (χ1n) is 5.64. The molecular formula is C13H18FNO2. The fourth-order valence-electron chi connectivity index (χ4n) is 1.30. The van der Waals surface area contributed by atoms with Crippen molar-refractivity contribution < 1.29 is 13.9 Å². The predicted octanol–water partition coefficient (Wildman–Crippen LogP) is 2.24. The lowest BCUT2D eigenvalue weighted by Gasteiger charge is -2.23. The van der Waals surface area contributed by atoms with Crippen LogP contribution in [0, 0.1) is 11.2 Å². The van der Waals surface area contributed by atoms with E-state index in [0.29, 0.717) is 12.0 Å². The lowest BCUT2D eigenvalue weighted by Crippen LogP contribution is -2.36. The lowest BCUT2D eigenvalue weighted by atomic mass is 9.88. The summed E-state index contributed by atoms with van der Waals surface area (Å²) in [6.07, 6.45) is 0.597. The minimum atomic E-state index is -0.689. The molecule has 0 fully saturated rings. The zero-order valence-electron chi connectivity index (χ0n) is 10.2. The first-order valence-corrected chi connectivity index (χ1v) is 5.64. The summed E-state index contributed by atoms with van der Waals surface area (Å²) in [5, 5.41) is 0. The van der Waals surface area contributed by atoms with Crippen molar-refractivity contribution in [3.63, 3.8) is 0 Å². The second kappa shape index (κ2) is 5.77. The zero-order chi connectivity index (χ0) is 12.9. The van der Waals surface area contributed by atoms with Gasteiger partial charge in [0.25, 0.3) is 0 Å². The van der Waals surface area contributed by atoms with Gasteiger partial charge in [0.1, 0.15) is 12.4 Å². The van der Waals surface area contributed by atoms with E-state index in [1.807, 2.05) is 6.92 Å². The molecule has 0 aliphatic rings. The highest BCUT2D eigenvalue weighted by molar-refractivity contribution is 5.76. The second-order valence-electron chi connectivity index (χ2n) is 4.29. The molecule has 0 aromatic heterocycles. The van der Waals surface area contributed by atoms with Gasteiger partial charge in [-0.05, 0) is 19.4 Å². The standard InChI is InChI=1S/C13H18FNO2/c1-3-13(2,9-15)12(16)17-8-10-6-4-5-7-11(10)14/h4-7H,3,8-9,15H2,1-2H3. The third kappa shape index (κ3) is 3.27. The lowest BCUT2D eigenvalue weighted by molar-refractivity contribution is -0.156. The first kappa shape index (κ1) is 13.6. The number of carbonyl (C=O) groups is 1. The van der Waals surface area contributed by atoms with Crippen LogP contribution in [-0.4, -0.2) is 12.5 Å². The fourth-order valence-corrected chi connectivity index (χ4v) is 1.30. The average Bonchev–Trinajstić information content (AvgIpc) is 2.36. The Morgan fingerprint density at radius 1 is 1.47 bits per heavy atom. The SMILES string of the molecule is CCC(C)(CN)C(=O)OCc1ccccc1F. The van der Waals surface area contributed by atoms with E-state index in [4.69, 9.17) is 10.5 Å². The molecule has 3 nitrogen and oxygen atoms in total. The van der Waals surface area contributed by atoms with Crippen LogP contribution in [0.2, 0.25) is 0 Å². The molecule has 2 N–H and O–H groups in total. The molecular weight excluding hydrogens is 221 g/mol. The Balaban J connectivity index is 2.63. The van der Waals surface area contributed by atoms with E-state index >= 15 is 0 Å². The summed E-state index contributed by atoms with van der Waals surface area (Å²) in [4.78, 5) is 11.8. The Kier molecular flexibility index (Phi) is 4.63.